The fourth-order valence-corrected chi connectivity index (χ4v) is 4.16. The molecule has 0 aromatic carbocycles. The van der Waals surface area contributed by atoms with Crippen LogP contribution >= 0.6 is 0 Å². The highest BCUT2D eigenvalue weighted by molar-refractivity contribution is 5.45. The van der Waals surface area contributed by atoms with Crippen molar-refractivity contribution in [3.8, 4) is 0 Å². The van der Waals surface area contributed by atoms with Crippen LogP contribution in [0.1, 0.15) is 29.9 Å². The average molecular weight is 327 g/mol. The second kappa shape index (κ2) is 6.82. The lowest BCUT2D eigenvalue weighted by atomic mass is 9.88. The lowest BCUT2D eigenvalue weighted by Crippen LogP contribution is -2.50. The standard InChI is InChI=1S/C19H29N5/c1-16-13-19-20-5-8-24(19)14-18(16)17-3-6-22(7-4-17)15-23-11-9-21(2)10-12-23/h5,8,13-14,17H,3-4,6-7,9-12,15H2,1-2H3. The minimum Gasteiger partial charge on any atom is -0.307 e. The van der Waals surface area contributed by atoms with Crippen LogP contribution in [0.15, 0.2) is 24.7 Å². The summed E-state index contributed by atoms with van der Waals surface area (Å²) in [6, 6.07) is 2.23. The molecular formula is C19H29N5. The van der Waals surface area contributed by atoms with Gasteiger partial charge in [-0.1, -0.05) is 0 Å². The molecule has 0 amide bonds. The molecule has 2 saturated heterocycles. The van der Waals surface area contributed by atoms with Crippen LogP contribution in [0.4, 0.5) is 0 Å². The molecule has 24 heavy (non-hydrogen) atoms. The third kappa shape index (κ3) is 3.34. The zero-order valence-corrected chi connectivity index (χ0v) is 15.0. The van der Waals surface area contributed by atoms with Crippen molar-refractivity contribution in [1.82, 2.24) is 24.1 Å². The lowest BCUT2D eigenvalue weighted by molar-refractivity contribution is 0.0697. The molecule has 0 spiro atoms. The average Bonchev–Trinajstić information content (AvgIpc) is 3.04. The molecule has 0 N–H and O–H groups in total. The third-order valence-electron chi connectivity index (χ3n) is 5.80. The molecule has 0 aliphatic carbocycles. The van der Waals surface area contributed by atoms with E-state index in [1.54, 1.807) is 0 Å². The number of imidazole rings is 1. The maximum Gasteiger partial charge on any atom is 0.136 e. The largest absolute Gasteiger partial charge is 0.307 e. The Morgan fingerprint density at radius 2 is 1.75 bits per heavy atom. The number of rotatable bonds is 3. The van der Waals surface area contributed by atoms with Crippen LogP contribution < -0.4 is 0 Å². The van der Waals surface area contributed by atoms with Crippen LogP contribution in [0.2, 0.25) is 0 Å². The van der Waals surface area contributed by atoms with Crippen molar-refractivity contribution in [3.63, 3.8) is 0 Å². The van der Waals surface area contributed by atoms with E-state index in [0.717, 1.165) is 12.3 Å². The molecule has 2 aliphatic rings. The number of fused-ring (bicyclic) bond motifs is 1. The number of likely N-dealkylation sites (N-methyl/N-ethyl adjacent to an activating group) is 1. The van der Waals surface area contributed by atoms with Crippen LogP contribution in [0, 0.1) is 6.92 Å². The predicted octanol–water partition coefficient (Wildman–Crippen LogP) is 2.03. The first kappa shape index (κ1) is 16.1. The molecule has 5 nitrogen and oxygen atoms in total. The van der Waals surface area contributed by atoms with Gasteiger partial charge in [-0.25, -0.2) is 4.98 Å². The molecule has 4 heterocycles. The van der Waals surface area contributed by atoms with Crippen molar-refractivity contribution in [2.45, 2.75) is 25.7 Å². The molecule has 0 unspecified atom stereocenters. The van der Waals surface area contributed by atoms with Gasteiger partial charge in [0.25, 0.3) is 0 Å². The number of piperidine rings is 1. The molecule has 130 valence electrons. The Balaban J connectivity index is 1.36. The number of pyridine rings is 1. The summed E-state index contributed by atoms with van der Waals surface area (Å²) in [5.74, 6) is 0.695. The van der Waals surface area contributed by atoms with Crippen LogP contribution in [0.25, 0.3) is 5.65 Å². The van der Waals surface area contributed by atoms with Gasteiger partial charge in [0.2, 0.25) is 0 Å². The number of hydrogen-bond acceptors (Lipinski definition) is 4. The van der Waals surface area contributed by atoms with Crippen LogP contribution in [-0.2, 0) is 0 Å². The van der Waals surface area contributed by atoms with E-state index in [2.05, 4.69) is 56.5 Å². The van der Waals surface area contributed by atoms with Gasteiger partial charge in [0.05, 0.1) is 6.67 Å². The smallest absolute Gasteiger partial charge is 0.136 e. The molecule has 2 fully saturated rings. The van der Waals surface area contributed by atoms with Crippen molar-refractivity contribution < 1.29 is 0 Å². The Hall–Kier alpha value is -1.43. The maximum atomic E-state index is 4.39. The van der Waals surface area contributed by atoms with Gasteiger partial charge in [-0.15, -0.1) is 0 Å². The Morgan fingerprint density at radius 3 is 2.50 bits per heavy atom. The molecule has 5 heteroatoms. The quantitative estimate of drug-likeness (QED) is 0.862. The van der Waals surface area contributed by atoms with E-state index in [-0.39, 0.29) is 0 Å². The minimum atomic E-state index is 0.695. The number of piperazine rings is 1. The number of likely N-dealkylation sites (tertiary alicyclic amines) is 1. The number of hydrogen-bond donors (Lipinski definition) is 0. The number of nitrogens with zero attached hydrogens (tertiary/aromatic N) is 5. The Morgan fingerprint density at radius 1 is 1.04 bits per heavy atom. The fraction of sp³-hybridized carbons (Fsp3) is 0.632. The maximum absolute atomic E-state index is 4.39. The molecule has 2 aromatic rings. The molecule has 2 aliphatic heterocycles. The summed E-state index contributed by atoms with van der Waals surface area (Å²) < 4.78 is 2.17. The second-order valence-electron chi connectivity index (χ2n) is 7.56. The first-order valence-corrected chi connectivity index (χ1v) is 9.25. The topological polar surface area (TPSA) is 27.0 Å². The lowest BCUT2D eigenvalue weighted by Gasteiger charge is -2.39. The van der Waals surface area contributed by atoms with E-state index in [4.69, 9.17) is 0 Å². The van der Waals surface area contributed by atoms with Crippen LogP contribution in [-0.4, -0.2) is 77.1 Å². The Kier molecular flexibility index (Phi) is 4.57. The number of aromatic nitrogens is 2. The van der Waals surface area contributed by atoms with Gasteiger partial charge in [0, 0.05) is 44.8 Å². The molecule has 2 aromatic heterocycles. The van der Waals surface area contributed by atoms with Crippen LogP contribution in [0.3, 0.4) is 0 Å². The number of aryl methyl sites for hydroxylation is 1. The van der Waals surface area contributed by atoms with Gasteiger partial charge in [-0.05, 0) is 63.0 Å². The summed E-state index contributed by atoms with van der Waals surface area (Å²) in [5.41, 5.74) is 3.97. The van der Waals surface area contributed by atoms with Crippen molar-refractivity contribution in [1.29, 1.82) is 0 Å². The highest BCUT2D eigenvalue weighted by Gasteiger charge is 2.24. The normalized spacial score (nSPS) is 22.4. The van der Waals surface area contributed by atoms with Gasteiger partial charge < -0.3 is 9.30 Å². The van der Waals surface area contributed by atoms with E-state index >= 15 is 0 Å². The highest BCUT2D eigenvalue weighted by atomic mass is 15.3. The molecular weight excluding hydrogens is 298 g/mol. The fourth-order valence-electron chi connectivity index (χ4n) is 4.16. The monoisotopic (exact) mass is 327 g/mol. The second-order valence-corrected chi connectivity index (χ2v) is 7.56. The first-order chi connectivity index (χ1) is 11.7. The predicted molar refractivity (Wildman–Crippen MR) is 97.4 cm³/mol. The van der Waals surface area contributed by atoms with Crippen LogP contribution in [0.5, 0.6) is 0 Å². The molecule has 0 atom stereocenters. The molecule has 0 radical (unpaired) electrons. The first-order valence-electron chi connectivity index (χ1n) is 9.25. The minimum absolute atomic E-state index is 0.695. The van der Waals surface area contributed by atoms with Crippen molar-refractivity contribution >= 4 is 5.65 Å². The third-order valence-corrected chi connectivity index (χ3v) is 5.80. The summed E-state index contributed by atoms with van der Waals surface area (Å²) in [6.07, 6.45) is 8.79. The van der Waals surface area contributed by atoms with Gasteiger partial charge in [0.15, 0.2) is 0 Å². The van der Waals surface area contributed by atoms with E-state index in [1.165, 1.54) is 63.2 Å². The van der Waals surface area contributed by atoms with Crippen molar-refractivity contribution in [2.24, 2.45) is 0 Å². The Labute approximate surface area is 144 Å². The van der Waals surface area contributed by atoms with E-state index in [1.807, 2.05) is 6.20 Å². The molecule has 0 bridgehead atoms. The van der Waals surface area contributed by atoms with E-state index < -0.39 is 0 Å². The van der Waals surface area contributed by atoms with E-state index in [9.17, 15) is 0 Å². The summed E-state index contributed by atoms with van der Waals surface area (Å²) in [5, 5.41) is 0. The van der Waals surface area contributed by atoms with Gasteiger partial charge in [0.1, 0.15) is 5.65 Å². The summed E-state index contributed by atoms with van der Waals surface area (Å²) in [7, 11) is 2.22. The summed E-state index contributed by atoms with van der Waals surface area (Å²) in [4.78, 5) is 12.1. The Bertz CT molecular complexity index is 678. The van der Waals surface area contributed by atoms with E-state index in [0.29, 0.717) is 5.92 Å². The zero-order chi connectivity index (χ0) is 16.5. The summed E-state index contributed by atoms with van der Waals surface area (Å²) >= 11 is 0. The zero-order valence-electron chi connectivity index (χ0n) is 15.0. The van der Waals surface area contributed by atoms with Gasteiger partial charge in [-0.3, -0.25) is 9.80 Å². The molecule has 4 rings (SSSR count). The molecule has 0 saturated carbocycles. The van der Waals surface area contributed by atoms with Gasteiger partial charge >= 0.3 is 0 Å². The SMILES string of the molecule is Cc1cc2nccn2cc1C1CCN(CN2CCN(C)CC2)CC1. The highest BCUT2D eigenvalue weighted by Crippen LogP contribution is 2.30. The van der Waals surface area contributed by atoms with Crippen molar-refractivity contribution in [2.75, 3.05) is 53.0 Å². The van der Waals surface area contributed by atoms with Gasteiger partial charge in [-0.2, -0.15) is 0 Å². The van der Waals surface area contributed by atoms with Crippen molar-refractivity contribution in [3.05, 3.63) is 35.8 Å². The summed E-state index contributed by atoms with van der Waals surface area (Å²) in [6.45, 7) is 10.7.